The Hall–Kier alpha value is -3.14. The van der Waals surface area contributed by atoms with Crippen LogP contribution >= 0.6 is 0 Å². The zero-order chi connectivity index (χ0) is 15.3. The second-order valence-corrected chi connectivity index (χ2v) is 5.25. The highest BCUT2D eigenvalue weighted by Gasteiger charge is 2.33. The van der Waals surface area contributed by atoms with Gasteiger partial charge in [-0.2, -0.15) is 0 Å². The first-order valence-corrected chi connectivity index (χ1v) is 6.93. The Morgan fingerprint density at radius 3 is 2.27 bits per heavy atom. The molecule has 1 aliphatic rings. The lowest BCUT2D eigenvalue weighted by Crippen LogP contribution is -2.40. The number of hydrogen-bond acceptors (Lipinski definition) is 3. The minimum absolute atomic E-state index is 0.306. The van der Waals surface area contributed by atoms with Crippen LogP contribution in [-0.4, -0.2) is 11.8 Å². The predicted molar refractivity (Wildman–Crippen MR) is 85.9 cm³/mol. The molecule has 2 amide bonds. The number of amides is 2. The van der Waals surface area contributed by atoms with Gasteiger partial charge in [-0.05, 0) is 35.7 Å². The summed E-state index contributed by atoms with van der Waals surface area (Å²) in [4.78, 5) is 26.8. The number of benzene rings is 3. The Kier molecular flexibility index (Phi) is 2.53. The second-order valence-electron chi connectivity index (χ2n) is 5.25. The molecule has 0 unspecified atom stereocenters. The fourth-order valence-electron chi connectivity index (χ4n) is 2.94. The molecule has 0 bridgehead atoms. The quantitative estimate of drug-likeness (QED) is 0.552. The number of anilines is 2. The van der Waals surface area contributed by atoms with Crippen molar-refractivity contribution in [1.82, 2.24) is 0 Å². The fourth-order valence-corrected chi connectivity index (χ4v) is 2.94. The smallest absolute Gasteiger partial charge is 0.266 e. The largest absolute Gasteiger partial charge is 0.399 e. The number of rotatable bonds is 1. The van der Waals surface area contributed by atoms with Gasteiger partial charge in [0.15, 0.2) is 0 Å². The van der Waals surface area contributed by atoms with Gasteiger partial charge in [-0.1, -0.05) is 30.3 Å². The summed E-state index contributed by atoms with van der Waals surface area (Å²) in [6, 6.07) is 17.7. The van der Waals surface area contributed by atoms with Gasteiger partial charge in [-0.25, -0.2) is 4.90 Å². The average molecular weight is 288 g/mol. The highest BCUT2D eigenvalue weighted by Crippen LogP contribution is 2.34. The third-order valence-electron chi connectivity index (χ3n) is 3.88. The van der Waals surface area contributed by atoms with Crippen molar-refractivity contribution in [2.24, 2.45) is 0 Å². The maximum absolute atomic E-state index is 12.8. The maximum Gasteiger partial charge on any atom is 0.266 e. The number of nitrogen functional groups attached to an aromatic ring is 1. The topological polar surface area (TPSA) is 63.4 Å². The molecule has 3 aromatic rings. The van der Waals surface area contributed by atoms with Gasteiger partial charge in [0.05, 0.1) is 11.3 Å². The number of nitrogens with zero attached hydrogens (tertiary/aromatic N) is 1. The molecule has 0 aromatic heterocycles. The minimum atomic E-state index is -0.341. The molecule has 3 aromatic carbocycles. The van der Waals surface area contributed by atoms with Crippen molar-refractivity contribution >= 4 is 34.0 Å². The summed E-state index contributed by atoms with van der Waals surface area (Å²) >= 11 is 0. The first-order chi connectivity index (χ1) is 10.7. The molecule has 4 nitrogen and oxygen atoms in total. The molecule has 22 heavy (non-hydrogen) atoms. The second kappa shape index (κ2) is 4.43. The van der Waals surface area contributed by atoms with Crippen molar-refractivity contribution in [2.75, 3.05) is 10.6 Å². The van der Waals surface area contributed by atoms with Crippen LogP contribution in [0, 0.1) is 0 Å². The number of imide groups is 1. The van der Waals surface area contributed by atoms with Crippen LogP contribution in [0.4, 0.5) is 11.4 Å². The van der Waals surface area contributed by atoms with Gasteiger partial charge < -0.3 is 5.73 Å². The molecule has 2 N–H and O–H groups in total. The van der Waals surface area contributed by atoms with E-state index in [0.29, 0.717) is 27.9 Å². The van der Waals surface area contributed by atoms with Crippen LogP contribution in [0.1, 0.15) is 20.7 Å². The first kappa shape index (κ1) is 12.6. The van der Waals surface area contributed by atoms with Crippen LogP contribution < -0.4 is 10.6 Å². The van der Waals surface area contributed by atoms with Gasteiger partial charge in [0.2, 0.25) is 0 Å². The number of carbonyl (C=O) groups excluding carboxylic acids is 2. The van der Waals surface area contributed by atoms with Crippen molar-refractivity contribution in [3.05, 3.63) is 71.8 Å². The summed E-state index contributed by atoms with van der Waals surface area (Å²) in [6.45, 7) is 0. The van der Waals surface area contributed by atoms with E-state index in [4.69, 9.17) is 5.73 Å². The van der Waals surface area contributed by atoms with Crippen LogP contribution in [0.5, 0.6) is 0 Å². The van der Waals surface area contributed by atoms with Crippen molar-refractivity contribution in [2.45, 2.75) is 0 Å². The van der Waals surface area contributed by atoms with Gasteiger partial charge in [-0.3, -0.25) is 9.59 Å². The van der Waals surface area contributed by atoms with Crippen LogP contribution in [0.3, 0.4) is 0 Å². The van der Waals surface area contributed by atoms with E-state index in [-0.39, 0.29) is 11.8 Å². The van der Waals surface area contributed by atoms with E-state index in [9.17, 15) is 9.59 Å². The van der Waals surface area contributed by atoms with Crippen molar-refractivity contribution in [3.8, 4) is 0 Å². The Morgan fingerprint density at radius 2 is 1.50 bits per heavy atom. The lowest BCUT2D eigenvalue weighted by Gasteiger charge is -2.27. The summed E-state index contributed by atoms with van der Waals surface area (Å²) in [7, 11) is 0. The third kappa shape index (κ3) is 1.64. The molecule has 1 heterocycles. The normalized spacial score (nSPS) is 13.7. The molecule has 0 fully saturated rings. The van der Waals surface area contributed by atoms with E-state index >= 15 is 0 Å². The third-order valence-corrected chi connectivity index (χ3v) is 3.88. The summed E-state index contributed by atoms with van der Waals surface area (Å²) in [5.74, 6) is -0.647. The molecule has 4 heteroatoms. The number of hydrogen-bond donors (Lipinski definition) is 1. The Labute approximate surface area is 126 Å². The van der Waals surface area contributed by atoms with Crippen molar-refractivity contribution in [1.29, 1.82) is 0 Å². The lowest BCUT2D eigenvalue weighted by molar-refractivity contribution is 0.0893. The molecule has 4 rings (SSSR count). The van der Waals surface area contributed by atoms with Crippen molar-refractivity contribution < 1.29 is 9.59 Å². The molecule has 0 spiro atoms. The van der Waals surface area contributed by atoms with E-state index in [0.717, 1.165) is 5.39 Å². The minimum Gasteiger partial charge on any atom is -0.399 e. The molecule has 0 atom stereocenters. The van der Waals surface area contributed by atoms with Gasteiger partial charge in [0.25, 0.3) is 11.8 Å². The van der Waals surface area contributed by atoms with E-state index in [2.05, 4.69) is 0 Å². The van der Waals surface area contributed by atoms with Crippen LogP contribution in [0.15, 0.2) is 60.7 Å². The van der Waals surface area contributed by atoms with Gasteiger partial charge in [0.1, 0.15) is 0 Å². The Balaban J connectivity index is 2.04. The first-order valence-electron chi connectivity index (χ1n) is 6.93. The summed E-state index contributed by atoms with van der Waals surface area (Å²) in [6.07, 6.45) is 0. The zero-order valence-corrected chi connectivity index (χ0v) is 11.6. The molecule has 0 saturated carbocycles. The number of carbonyl (C=O) groups is 2. The van der Waals surface area contributed by atoms with Gasteiger partial charge in [-0.15, -0.1) is 0 Å². The highest BCUT2D eigenvalue weighted by atomic mass is 16.2. The molecule has 106 valence electrons. The maximum atomic E-state index is 12.8. The summed E-state index contributed by atoms with van der Waals surface area (Å²) < 4.78 is 0. The SMILES string of the molecule is Nc1cc2c3c(cccc3c1)C(=O)N(c1ccccc1)C2=O. The number of nitrogens with two attached hydrogens (primary N) is 1. The van der Waals surface area contributed by atoms with E-state index in [1.54, 1.807) is 48.5 Å². The lowest BCUT2D eigenvalue weighted by atomic mass is 9.93. The monoisotopic (exact) mass is 288 g/mol. The van der Waals surface area contributed by atoms with Crippen LogP contribution in [0.2, 0.25) is 0 Å². The Morgan fingerprint density at radius 1 is 0.773 bits per heavy atom. The molecule has 1 aliphatic heterocycles. The Bertz CT molecular complexity index is 932. The van der Waals surface area contributed by atoms with Crippen molar-refractivity contribution in [3.63, 3.8) is 0 Å². The molecular formula is C18H12N2O2. The zero-order valence-electron chi connectivity index (χ0n) is 11.6. The number of para-hydroxylation sites is 1. The average Bonchev–Trinajstić information content (AvgIpc) is 2.53. The molecular weight excluding hydrogens is 276 g/mol. The fraction of sp³-hybridized carbons (Fsp3) is 0. The van der Waals surface area contributed by atoms with Crippen LogP contribution in [0.25, 0.3) is 10.8 Å². The molecule has 0 aliphatic carbocycles. The highest BCUT2D eigenvalue weighted by molar-refractivity contribution is 6.36. The standard InChI is InChI=1S/C18H12N2O2/c19-12-9-11-5-4-8-14-16(11)15(10-12)18(22)20(17(14)21)13-6-2-1-3-7-13/h1-10H,19H2. The van der Waals surface area contributed by atoms with Crippen LogP contribution in [-0.2, 0) is 0 Å². The van der Waals surface area contributed by atoms with Gasteiger partial charge in [0, 0.05) is 16.6 Å². The summed E-state index contributed by atoms with van der Waals surface area (Å²) in [5, 5.41) is 1.49. The van der Waals surface area contributed by atoms with E-state index < -0.39 is 0 Å². The van der Waals surface area contributed by atoms with E-state index in [1.807, 2.05) is 12.1 Å². The predicted octanol–water partition coefficient (Wildman–Crippen LogP) is 3.22. The summed E-state index contributed by atoms with van der Waals surface area (Å²) in [5.41, 5.74) is 7.96. The molecule has 0 saturated heterocycles. The van der Waals surface area contributed by atoms with E-state index in [1.165, 1.54) is 4.90 Å². The molecule has 0 radical (unpaired) electrons. The van der Waals surface area contributed by atoms with Gasteiger partial charge >= 0.3 is 0 Å².